The van der Waals surface area contributed by atoms with Gasteiger partial charge in [-0.25, -0.2) is 0 Å². The Balaban J connectivity index is 1.89. The smallest absolute Gasteiger partial charge is 0.0743 e. The summed E-state index contributed by atoms with van der Waals surface area (Å²) < 4.78 is 0. The number of halogens is 1. The van der Waals surface area contributed by atoms with E-state index in [4.69, 9.17) is 0 Å². The second-order valence-corrected chi connectivity index (χ2v) is 8.49. The summed E-state index contributed by atoms with van der Waals surface area (Å²) in [5, 5.41) is 9.58. The van der Waals surface area contributed by atoms with Gasteiger partial charge in [-0.15, -0.1) is 0 Å². The second kappa shape index (κ2) is 8.00. The van der Waals surface area contributed by atoms with Crippen molar-refractivity contribution in [3.05, 3.63) is 0 Å². The van der Waals surface area contributed by atoms with Crippen LogP contribution in [-0.2, 0) is 0 Å². The van der Waals surface area contributed by atoms with Crippen molar-refractivity contribution in [1.82, 2.24) is 0 Å². The van der Waals surface area contributed by atoms with Crippen molar-refractivity contribution >= 4 is 15.9 Å². The van der Waals surface area contributed by atoms with Gasteiger partial charge in [0, 0.05) is 10.2 Å². The Morgan fingerprint density at radius 3 is 1.38 bits per heavy atom. The van der Waals surface area contributed by atoms with Crippen LogP contribution in [0, 0.1) is 22.2 Å². The van der Waals surface area contributed by atoms with E-state index in [1.165, 1.54) is 89.9 Å². The predicted molar refractivity (Wildman–Crippen MR) is 93.5 cm³/mol. The van der Waals surface area contributed by atoms with Crippen LogP contribution in [0.3, 0.4) is 0 Å². The lowest BCUT2D eigenvalue weighted by Gasteiger charge is -2.19. The van der Waals surface area contributed by atoms with Gasteiger partial charge in [-0.1, -0.05) is 93.0 Å². The summed E-state index contributed by atoms with van der Waals surface area (Å²) in [6.45, 7) is 2.18. The summed E-state index contributed by atoms with van der Waals surface area (Å²) in [4.78, 5) is 0.429. The van der Waals surface area contributed by atoms with E-state index in [-0.39, 0.29) is 10.8 Å². The van der Waals surface area contributed by atoms with Gasteiger partial charge in [0.25, 0.3) is 0 Å². The molecule has 0 bridgehead atoms. The van der Waals surface area contributed by atoms with E-state index >= 15 is 0 Å². The SMILES string of the molecule is CC1(C#N)C(Br)C12CCCCCCCCCCCCCC2. The van der Waals surface area contributed by atoms with Crippen LogP contribution in [0.2, 0.25) is 0 Å². The third kappa shape index (κ3) is 3.84. The molecular formula is C19H32BrN. The third-order valence-electron chi connectivity index (χ3n) is 6.17. The van der Waals surface area contributed by atoms with Crippen molar-refractivity contribution in [1.29, 1.82) is 5.26 Å². The first-order valence-corrected chi connectivity index (χ1v) is 10.1. The molecule has 2 rings (SSSR count). The lowest BCUT2D eigenvalue weighted by molar-refractivity contribution is 0.330. The maximum atomic E-state index is 9.58. The molecule has 2 heteroatoms. The topological polar surface area (TPSA) is 23.8 Å². The molecule has 0 heterocycles. The molecule has 0 N–H and O–H groups in total. The zero-order chi connectivity index (χ0) is 15.2. The van der Waals surface area contributed by atoms with Crippen LogP contribution in [0.25, 0.3) is 0 Å². The fourth-order valence-electron chi connectivity index (χ4n) is 4.42. The van der Waals surface area contributed by atoms with Crippen LogP contribution in [-0.4, -0.2) is 4.83 Å². The van der Waals surface area contributed by atoms with Gasteiger partial charge in [0.2, 0.25) is 0 Å². The third-order valence-corrected chi connectivity index (χ3v) is 7.96. The molecule has 2 fully saturated rings. The predicted octanol–water partition coefficient (Wildman–Crippen LogP) is 6.75. The average Bonchev–Trinajstić information content (AvgIpc) is 2.96. The van der Waals surface area contributed by atoms with Crippen molar-refractivity contribution in [3.8, 4) is 6.07 Å². The number of nitriles is 1. The Hall–Kier alpha value is -0.0300. The minimum atomic E-state index is -0.110. The van der Waals surface area contributed by atoms with Crippen LogP contribution in [0.1, 0.15) is 96.8 Å². The van der Waals surface area contributed by atoms with Crippen LogP contribution < -0.4 is 0 Å². The van der Waals surface area contributed by atoms with E-state index in [1.54, 1.807) is 0 Å². The van der Waals surface area contributed by atoms with Crippen LogP contribution in [0.5, 0.6) is 0 Å². The van der Waals surface area contributed by atoms with Gasteiger partial charge in [0.1, 0.15) is 0 Å². The average molecular weight is 354 g/mol. The molecule has 2 atom stereocenters. The fourth-order valence-corrected chi connectivity index (χ4v) is 5.78. The monoisotopic (exact) mass is 353 g/mol. The van der Waals surface area contributed by atoms with Gasteiger partial charge < -0.3 is 0 Å². The normalized spacial score (nSPS) is 35.4. The fraction of sp³-hybridized carbons (Fsp3) is 0.947. The molecule has 0 aromatic heterocycles. The molecule has 21 heavy (non-hydrogen) atoms. The first kappa shape index (κ1) is 17.3. The summed E-state index contributed by atoms with van der Waals surface area (Å²) in [7, 11) is 0. The van der Waals surface area contributed by atoms with E-state index in [9.17, 15) is 5.26 Å². The van der Waals surface area contributed by atoms with Crippen molar-refractivity contribution in [2.75, 3.05) is 0 Å². The minimum Gasteiger partial charge on any atom is -0.198 e. The second-order valence-electron chi connectivity index (χ2n) is 7.58. The molecule has 120 valence electrons. The summed E-state index contributed by atoms with van der Waals surface area (Å²) >= 11 is 3.84. The Bertz CT molecular complexity index is 343. The van der Waals surface area contributed by atoms with E-state index < -0.39 is 0 Å². The van der Waals surface area contributed by atoms with Gasteiger partial charge in [-0.05, 0) is 19.8 Å². The number of hydrogen-bond donors (Lipinski definition) is 0. The highest BCUT2D eigenvalue weighted by molar-refractivity contribution is 9.09. The number of rotatable bonds is 0. The molecular weight excluding hydrogens is 322 g/mol. The van der Waals surface area contributed by atoms with Crippen molar-refractivity contribution < 1.29 is 0 Å². The molecule has 2 aliphatic rings. The highest BCUT2D eigenvalue weighted by atomic mass is 79.9. The van der Waals surface area contributed by atoms with Crippen molar-refractivity contribution in [2.24, 2.45) is 10.8 Å². The molecule has 1 nitrogen and oxygen atoms in total. The zero-order valence-corrected chi connectivity index (χ0v) is 15.4. The molecule has 2 unspecified atom stereocenters. The quantitative estimate of drug-likeness (QED) is 0.441. The Morgan fingerprint density at radius 1 is 0.762 bits per heavy atom. The Kier molecular flexibility index (Phi) is 6.60. The van der Waals surface area contributed by atoms with E-state index in [0.29, 0.717) is 4.83 Å². The molecule has 0 aliphatic heterocycles. The van der Waals surface area contributed by atoms with Gasteiger partial charge in [0.15, 0.2) is 0 Å². The summed E-state index contributed by atoms with van der Waals surface area (Å²) in [6.07, 6.45) is 19.3. The number of nitrogens with zero attached hydrogens (tertiary/aromatic N) is 1. The van der Waals surface area contributed by atoms with Crippen molar-refractivity contribution in [2.45, 2.75) is 102 Å². The van der Waals surface area contributed by atoms with Crippen LogP contribution >= 0.6 is 15.9 Å². The molecule has 0 amide bonds. The minimum absolute atomic E-state index is 0.110. The van der Waals surface area contributed by atoms with Gasteiger partial charge >= 0.3 is 0 Å². The zero-order valence-electron chi connectivity index (χ0n) is 13.8. The molecule has 0 radical (unpaired) electrons. The highest BCUT2D eigenvalue weighted by Crippen LogP contribution is 2.72. The number of hydrogen-bond acceptors (Lipinski definition) is 1. The summed E-state index contributed by atoms with van der Waals surface area (Å²) in [6, 6.07) is 2.62. The molecule has 2 aliphatic carbocycles. The van der Waals surface area contributed by atoms with Gasteiger partial charge in [-0.3, -0.25) is 0 Å². The maximum absolute atomic E-state index is 9.58. The van der Waals surface area contributed by atoms with Gasteiger partial charge in [-0.2, -0.15) is 5.26 Å². The standard InChI is InChI=1S/C19H32BrN/c1-18(16-21)17(20)19(18)14-12-10-8-6-4-2-3-5-7-9-11-13-15-19/h17H,2-15H2,1H3. The highest BCUT2D eigenvalue weighted by Gasteiger charge is 2.72. The van der Waals surface area contributed by atoms with Crippen molar-refractivity contribution in [3.63, 3.8) is 0 Å². The Labute approximate surface area is 140 Å². The molecule has 2 saturated carbocycles. The van der Waals surface area contributed by atoms with E-state index in [1.807, 2.05) is 0 Å². The van der Waals surface area contributed by atoms with E-state index in [2.05, 4.69) is 28.9 Å². The molecule has 0 saturated heterocycles. The summed E-state index contributed by atoms with van der Waals surface area (Å²) in [5.74, 6) is 0. The van der Waals surface area contributed by atoms with Crippen LogP contribution in [0.4, 0.5) is 0 Å². The molecule has 1 spiro atoms. The lowest BCUT2D eigenvalue weighted by Crippen LogP contribution is -2.11. The van der Waals surface area contributed by atoms with Crippen LogP contribution in [0.15, 0.2) is 0 Å². The Morgan fingerprint density at radius 2 is 1.10 bits per heavy atom. The molecule has 0 aromatic rings. The molecule has 0 aromatic carbocycles. The van der Waals surface area contributed by atoms with Gasteiger partial charge in [0.05, 0.1) is 11.5 Å². The number of alkyl halides is 1. The van der Waals surface area contributed by atoms with E-state index in [0.717, 1.165) is 0 Å². The summed E-state index contributed by atoms with van der Waals surface area (Å²) in [5.41, 5.74) is 0.170. The maximum Gasteiger partial charge on any atom is 0.0743 e. The first-order chi connectivity index (χ1) is 10.2. The largest absolute Gasteiger partial charge is 0.198 e. The lowest BCUT2D eigenvalue weighted by atomic mass is 9.84. The first-order valence-electron chi connectivity index (χ1n) is 9.23.